The van der Waals surface area contributed by atoms with Gasteiger partial charge in [-0.15, -0.1) is 10.2 Å². The molecule has 28 heavy (non-hydrogen) atoms. The number of carbonyl (C=O) groups is 1. The highest BCUT2D eigenvalue weighted by Gasteiger charge is 2.16. The van der Waals surface area contributed by atoms with E-state index in [2.05, 4.69) is 36.2 Å². The SMILES string of the molecule is Cc1ccccc1OCc1nnc(SCC(N)=O)n1-c1ccc(C(C)C)cc1. The molecule has 0 atom stereocenters. The van der Waals surface area contributed by atoms with E-state index in [1.54, 1.807) is 0 Å². The van der Waals surface area contributed by atoms with Gasteiger partial charge in [0.1, 0.15) is 12.4 Å². The number of para-hydroxylation sites is 1. The van der Waals surface area contributed by atoms with Crippen molar-refractivity contribution in [2.75, 3.05) is 5.75 Å². The summed E-state index contributed by atoms with van der Waals surface area (Å²) < 4.78 is 7.87. The maximum atomic E-state index is 11.2. The molecule has 2 aromatic carbocycles. The van der Waals surface area contributed by atoms with Crippen molar-refractivity contribution in [1.29, 1.82) is 0 Å². The van der Waals surface area contributed by atoms with Crippen molar-refractivity contribution in [2.45, 2.75) is 38.5 Å². The predicted octanol–water partition coefficient (Wildman–Crippen LogP) is 3.86. The number of hydrogen-bond donors (Lipinski definition) is 1. The summed E-state index contributed by atoms with van der Waals surface area (Å²) in [6, 6.07) is 16.1. The Labute approximate surface area is 169 Å². The molecular weight excluding hydrogens is 372 g/mol. The van der Waals surface area contributed by atoms with Crippen molar-refractivity contribution >= 4 is 17.7 Å². The van der Waals surface area contributed by atoms with Crippen LogP contribution in [0, 0.1) is 6.92 Å². The second-order valence-electron chi connectivity index (χ2n) is 6.79. The summed E-state index contributed by atoms with van der Waals surface area (Å²) in [7, 11) is 0. The minimum Gasteiger partial charge on any atom is -0.485 e. The average Bonchev–Trinajstić information content (AvgIpc) is 3.08. The fourth-order valence-electron chi connectivity index (χ4n) is 2.75. The summed E-state index contributed by atoms with van der Waals surface area (Å²) in [4.78, 5) is 11.2. The molecule has 2 N–H and O–H groups in total. The van der Waals surface area contributed by atoms with Crippen molar-refractivity contribution in [3.05, 3.63) is 65.5 Å². The maximum Gasteiger partial charge on any atom is 0.227 e. The fraction of sp³-hybridized carbons (Fsp3) is 0.286. The summed E-state index contributed by atoms with van der Waals surface area (Å²) >= 11 is 1.27. The van der Waals surface area contributed by atoms with Crippen LogP contribution in [0.4, 0.5) is 0 Å². The molecule has 0 unspecified atom stereocenters. The number of primary amides is 1. The summed E-state index contributed by atoms with van der Waals surface area (Å²) in [6.07, 6.45) is 0. The standard InChI is InChI=1S/C21H24N4O2S/c1-14(2)16-8-10-17(11-9-16)25-20(23-24-21(25)28-13-19(22)26)12-27-18-7-5-4-6-15(18)3/h4-11,14H,12-13H2,1-3H3,(H2,22,26). The van der Waals surface area contributed by atoms with E-state index in [1.807, 2.05) is 47.9 Å². The number of thioether (sulfide) groups is 1. The first kappa shape index (κ1) is 19.9. The first-order valence-electron chi connectivity index (χ1n) is 9.10. The van der Waals surface area contributed by atoms with Crippen LogP contribution in [0.1, 0.15) is 36.7 Å². The molecule has 0 spiro atoms. The van der Waals surface area contributed by atoms with Crippen molar-refractivity contribution in [2.24, 2.45) is 5.73 Å². The van der Waals surface area contributed by atoms with Crippen LogP contribution in [-0.2, 0) is 11.4 Å². The lowest BCUT2D eigenvalue weighted by molar-refractivity contribution is -0.115. The van der Waals surface area contributed by atoms with Crippen LogP contribution in [0.2, 0.25) is 0 Å². The molecule has 0 aliphatic carbocycles. The molecule has 0 aliphatic rings. The Bertz CT molecular complexity index is 951. The molecule has 0 radical (unpaired) electrons. The fourth-order valence-corrected chi connectivity index (χ4v) is 3.46. The molecule has 1 heterocycles. The third-order valence-electron chi connectivity index (χ3n) is 4.31. The zero-order chi connectivity index (χ0) is 20.1. The number of hydrogen-bond acceptors (Lipinski definition) is 5. The molecule has 1 amide bonds. The predicted molar refractivity (Wildman–Crippen MR) is 111 cm³/mol. The second kappa shape index (κ2) is 8.93. The number of aromatic nitrogens is 3. The Morgan fingerprint density at radius 1 is 1.14 bits per heavy atom. The van der Waals surface area contributed by atoms with Gasteiger partial charge in [-0.05, 0) is 42.2 Å². The number of aryl methyl sites for hydroxylation is 1. The van der Waals surface area contributed by atoms with Gasteiger partial charge < -0.3 is 10.5 Å². The molecule has 146 valence electrons. The van der Waals surface area contributed by atoms with Gasteiger partial charge in [-0.3, -0.25) is 9.36 Å². The van der Waals surface area contributed by atoms with Crippen LogP contribution in [-0.4, -0.2) is 26.4 Å². The largest absolute Gasteiger partial charge is 0.485 e. The highest BCUT2D eigenvalue weighted by molar-refractivity contribution is 7.99. The molecule has 0 aliphatic heterocycles. The number of carbonyl (C=O) groups excluding carboxylic acids is 1. The highest BCUT2D eigenvalue weighted by Crippen LogP contribution is 2.25. The normalized spacial score (nSPS) is 11.0. The first-order valence-corrected chi connectivity index (χ1v) is 10.1. The molecule has 3 rings (SSSR count). The van der Waals surface area contributed by atoms with Gasteiger partial charge in [0.25, 0.3) is 0 Å². The van der Waals surface area contributed by atoms with Crippen LogP contribution >= 0.6 is 11.8 Å². The molecular formula is C21H24N4O2S. The van der Waals surface area contributed by atoms with Gasteiger partial charge in [0.15, 0.2) is 11.0 Å². The van der Waals surface area contributed by atoms with E-state index in [4.69, 9.17) is 10.5 Å². The number of nitrogens with two attached hydrogens (primary N) is 1. The maximum absolute atomic E-state index is 11.2. The minimum atomic E-state index is -0.396. The number of ether oxygens (including phenoxy) is 1. The summed E-state index contributed by atoms with van der Waals surface area (Å²) in [5.41, 5.74) is 8.52. The Kier molecular flexibility index (Phi) is 6.36. The van der Waals surface area contributed by atoms with E-state index in [0.717, 1.165) is 17.0 Å². The molecule has 0 bridgehead atoms. The van der Waals surface area contributed by atoms with E-state index >= 15 is 0 Å². The number of nitrogens with zero attached hydrogens (tertiary/aromatic N) is 3. The lowest BCUT2D eigenvalue weighted by atomic mass is 10.0. The van der Waals surface area contributed by atoms with Gasteiger partial charge in [0.2, 0.25) is 5.91 Å². The van der Waals surface area contributed by atoms with E-state index in [9.17, 15) is 4.79 Å². The van der Waals surface area contributed by atoms with Crippen molar-refractivity contribution in [3.8, 4) is 11.4 Å². The summed E-state index contributed by atoms with van der Waals surface area (Å²) in [5.74, 6) is 1.65. The van der Waals surface area contributed by atoms with Crippen LogP contribution in [0.15, 0.2) is 53.7 Å². The second-order valence-corrected chi connectivity index (χ2v) is 7.73. The Morgan fingerprint density at radius 3 is 2.50 bits per heavy atom. The molecule has 3 aromatic rings. The van der Waals surface area contributed by atoms with Gasteiger partial charge >= 0.3 is 0 Å². The molecule has 0 fully saturated rings. The Balaban J connectivity index is 1.91. The van der Waals surface area contributed by atoms with Gasteiger partial charge in [0.05, 0.1) is 5.75 Å². The third-order valence-corrected chi connectivity index (χ3v) is 5.26. The van der Waals surface area contributed by atoms with E-state index in [0.29, 0.717) is 16.9 Å². The molecule has 1 aromatic heterocycles. The number of benzene rings is 2. The quantitative estimate of drug-likeness (QED) is 0.585. The van der Waals surface area contributed by atoms with Crippen molar-refractivity contribution < 1.29 is 9.53 Å². The lowest BCUT2D eigenvalue weighted by Crippen LogP contribution is -2.14. The molecule has 6 nitrogen and oxygen atoms in total. The van der Waals surface area contributed by atoms with Gasteiger partial charge in [0, 0.05) is 5.69 Å². The zero-order valence-corrected chi connectivity index (χ0v) is 17.1. The smallest absolute Gasteiger partial charge is 0.227 e. The van der Waals surface area contributed by atoms with E-state index < -0.39 is 5.91 Å². The number of amides is 1. The topological polar surface area (TPSA) is 83.0 Å². The summed E-state index contributed by atoms with van der Waals surface area (Å²) in [5, 5.41) is 9.14. The van der Waals surface area contributed by atoms with Crippen LogP contribution in [0.5, 0.6) is 5.75 Å². The lowest BCUT2D eigenvalue weighted by Gasteiger charge is -2.13. The highest BCUT2D eigenvalue weighted by atomic mass is 32.2. The summed E-state index contributed by atoms with van der Waals surface area (Å²) in [6.45, 7) is 6.58. The molecule has 0 saturated carbocycles. The van der Waals surface area contributed by atoms with Gasteiger partial charge in [-0.25, -0.2) is 0 Å². The van der Waals surface area contributed by atoms with E-state index in [-0.39, 0.29) is 12.4 Å². The molecule has 0 saturated heterocycles. The van der Waals surface area contributed by atoms with Crippen LogP contribution < -0.4 is 10.5 Å². The van der Waals surface area contributed by atoms with Crippen molar-refractivity contribution in [1.82, 2.24) is 14.8 Å². The first-order chi connectivity index (χ1) is 13.5. The van der Waals surface area contributed by atoms with Crippen LogP contribution in [0.3, 0.4) is 0 Å². The molecule has 7 heteroatoms. The monoisotopic (exact) mass is 396 g/mol. The third kappa shape index (κ3) is 4.72. The Morgan fingerprint density at radius 2 is 1.86 bits per heavy atom. The van der Waals surface area contributed by atoms with Gasteiger partial charge in [-0.2, -0.15) is 0 Å². The minimum absolute atomic E-state index is 0.140. The van der Waals surface area contributed by atoms with Crippen LogP contribution in [0.25, 0.3) is 5.69 Å². The average molecular weight is 397 g/mol. The zero-order valence-electron chi connectivity index (χ0n) is 16.3. The van der Waals surface area contributed by atoms with Gasteiger partial charge in [-0.1, -0.05) is 55.9 Å². The number of rotatable bonds is 8. The van der Waals surface area contributed by atoms with Crippen molar-refractivity contribution in [3.63, 3.8) is 0 Å². The Hall–Kier alpha value is -2.80. The van der Waals surface area contributed by atoms with E-state index in [1.165, 1.54) is 17.3 Å².